The summed E-state index contributed by atoms with van der Waals surface area (Å²) in [4.78, 5) is 13.4. The third-order valence-electron chi connectivity index (χ3n) is 1.97. The van der Waals surface area contributed by atoms with E-state index in [1.54, 1.807) is 22.8 Å². The third kappa shape index (κ3) is 3.16. The van der Waals surface area contributed by atoms with Crippen molar-refractivity contribution in [2.45, 2.75) is 13.5 Å². The van der Waals surface area contributed by atoms with Crippen LogP contribution in [0.15, 0.2) is 18.3 Å². The Morgan fingerprint density at radius 2 is 2.38 bits per heavy atom. The lowest BCUT2D eigenvalue weighted by Crippen LogP contribution is -2.28. The molecular weight excluding hydrogens is 206 g/mol. The zero-order chi connectivity index (χ0) is 12.1. The van der Waals surface area contributed by atoms with E-state index >= 15 is 0 Å². The van der Waals surface area contributed by atoms with Gasteiger partial charge in [-0.1, -0.05) is 17.4 Å². The van der Waals surface area contributed by atoms with Gasteiger partial charge in [0, 0.05) is 20.1 Å². The number of aromatic nitrogens is 3. The summed E-state index contributed by atoms with van der Waals surface area (Å²) in [6.45, 7) is 7.17. The average molecular weight is 223 g/mol. The Hall–Kier alpha value is -1.69. The van der Waals surface area contributed by atoms with Gasteiger partial charge in [-0.3, -0.25) is 9.48 Å². The number of nitrogens with zero attached hydrogens (tertiary/aromatic N) is 4. The van der Waals surface area contributed by atoms with Crippen molar-refractivity contribution >= 4 is 5.91 Å². The summed E-state index contributed by atoms with van der Waals surface area (Å²) >= 11 is 0. The molecule has 0 bridgehead atoms. The molecule has 1 heterocycles. The van der Waals surface area contributed by atoms with Gasteiger partial charge in [0.05, 0.1) is 12.7 Å². The Kier molecular flexibility index (Phi) is 4.19. The van der Waals surface area contributed by atoms with Crippen LogP contribution in [0.1, 0.15) is 17.4 Å². The molecule has 0 aliphatic carbocycles. The van der Waals surface area contributed by atoms with Gasteiger partial charge in [0.1, 0.15) is 0 Å². The lowest BCUT2D eigenvalue weighted by molar-refractivity contribution is 0.0801. The second kappa shape index (κ2) is 5.41. The summed E-state index contributed by atoms with van der Waals surface area (Å²) in [5.74, 6) is -0.161. The number of likely N-dealkylation sites (N-methyl/N-ethyl adjacent to an activating group) is 1. The van der Waals surface area contributed by atoms with E-state index < -0.39 is 0 Å². The molecular formula is C10H17N5O. The fraction of sp³-hybridized carbons (Fsp3) is 0.500. The largest absolute Gasteiger partial charge is 0.336 e. The van der Waals surface area contributed by atoms with E-state index in [0.717, 1.165) is 5.57 Å². The van der Waals surface area contributed by atoms with Crippen LogP contribution in [0.4, 0.5) is 0 Å². The van der Waals surface area contributed by atoms with Crippen LogP contribution in [0, 0.1) is 0 Å². The molecule has 6 nitrogen and oxygen atoms in total. The summed E-state index contributed by atoms with van der Waals surface area (Å²) in [6.07, 6.45) is 1.60. The van der Waals surface area contributed by atoms with Gasteiger partial charge in [0.15, 0.2) is 5.69 Å². The van der Waals surface area contributed by atoms with Crippen molar-refractivity contribution in [1.29, 1.82) is 0 Å². The fourth-order valence-corrected chi connectivity index (χ4v) is 1.31. The van der Waals surface area contributed by atoms with Crippen molar-refractivity contribution in [1.82, 2.24) is 19.9 Å². The second-order valence-corrected chi connectivity index (χ2v) is 3.77. The molecule has 0 unspecified atom stereocenters. The predicted molar refractivity (Wildman–Crippen MR) is 60.9 cm³/mol. The van der Waals surface area contributed by atoms with E-state index in [2.05, 4.69) is 16.9 Å². The van der Waals surface area contributed by atoms with Crippen molar-refractivity contribution in [3.05, 3.63) is 24.0 Å². The smallest absolute Gasteiger partial charge is 0.276 e. The van der Waals surface area contributed by atoms with Gasteiger partial charge in [0.25, 0.3) is 5.91 Å². The molecule has 1 rings (SSSR count). The van der Waals surface area contributed by atoms with E-state index in [1.807, 2.05) is 6.92 Å². The molecule has 0 atom stereocenters. The van der Waals surface area contributed by atoms with Crippen LogP contribution >= 0.6 is 0 Å². The zero-order valence-corrected chi connectivity index (χ0v) is 9.68. The van der Waals surface area contributed by atoms with Crippen LogP contribution in [0.25, 0.3) is 0 Å². The minimum Gasteiger partial charge on any atom is -0.336 e. The Bertz CT molecular complexity index is 384. The zero-order valence-electron chi connectivity index (χ0n) is 9.68. The highest BCUT2D eigenvalue weighted by atomic mass is 16.2. The van der Waals surface area contributed by atoms with E-state index in [1.165, 1.54) is 0 Å². The summed E-state index contributed by atoms with van der Waals surface area (Å²) in [7, 11) is 1.71. The number of rotatable bonds is 5. The first-order valence-electron chi connectivity index (χ1n) is 5.04. The van der Waals surface area contributed by atoms with Crippen molar-refractivity contribution in [2.24, 2.45) is 5.73 Å². The number of hydrogen-bond donors (Lipinski definition) is 1. The summed E-state index contributed by atoms with van der Waals surface area (Å²) < 4.78 is 1.56. The molecule has 0 saturated carbocycles. The van der Waals surface area contributed by atoms with E-state index in [0.29, 0.717) is 25.3 Å². The quantitative estimate of drug-likeness (QED) is 0.706. The maximum Gasteiger partial charge on any atom is 0.276 e. The molecule has 0 radical (unpaired) electrons. The molecule has 1 aromatic rings. The van der Waals surface area contributed by atoms with Gasteiger partial charge >= 0.3 is 0 Å². The van der Waals surface area contributed by atoms with Gasteiger partial charge in [0.2, 0.25) is 0 Å². The summed E-state index contributed by atoms with van der Waals surface area (Å²) in [5, 5.41) is 7.60. The van der Waals surface area contributed by atoms with Crippen LogP contribution in [0.5, 0.6) is 0 Å². The van der Waals surface area contributed by atoms with Crippen LogP contribution in [0.3, 0.4) is 0 Å². The van der Waals surface area contributed by atoms with Crippen molar-refractivity contribution in [3.63, 3.8) is 0 Å². The maximum absolute atomic E-state index is 11.8. The molecule has 1 aromatic heterocycles. The molecule has 2 N–H and O–H groups in total. The first-order valence-corrected chi connectivity index (χ1v) is 5.04. The fourth-order valence-electron chi connectivity index (χ4n) is 1.31. The predicted octanol–water partition coefficient (Wildman–Crippen LogP) is -0.115. The Morgan fingerprint density at radius 3 is 2.94 bits per heavy atom. The number of carbonyl (C=O) groups is 1. The molecule has 0 aromatic carbocycles. The number of nitrogens with two attached hydrogens (primary N) is 1. The maximum atomic E-state index is 11.8. The second-order valence-electron chi connectivity index (χ2n) is 3.77. The van der Waals surface area contributed by atoms with E-state index in [-0.39, 0.29) is 5.91 Å². The molecule has 1 amide bonds. The third-order valence-corrected chi connectivity index (χ3v) is 1.97. The van der Waals surface area contributed by atoms with Crippen molar-refractivity contribution < 1.29 is 4.79 Å². The SMILES string of the molecule is C=C(C)CN(C)C(=O)c1cn(CCN)nn1. The van der Waals surface area contributed by atoms with Crippen LogP contribution < -0.4 is 5.73 Å². The molecule has 6 heteroatoms. The monoisotopic (exact) mass is 223 g/mol. The first kappa shape index (κ1) is 12.4. The first-order chi connectivity index (χ1) is 7.54. The van der Waals surface area contributed by atoms with Gasteiger partial charge in [-0.2, -0.15) is 0 Å². The Morgan fingerprint density at radius 1 is 1.69 bits per heavy atom. The van der Waals surface area contributed by atoms with Gasteiger partial charge in [-0.25, -0.2) is 0 Å². The van der Waals surface area contributed by atoms with Crippen molar-refractivity contribution in [2.75, 3.05) is 20.1 Å². The molecule has 0 aliphatic rings. The molecule has 88 valence electrons. The highest BCUT2D eigenvalue weighted by Crippen LogP contribution is 2.01. The topological polar surface area (TPSA) is 77.0 Å². The minimum absolute atomic E-state index is 0.161. The van der Waals surface area contributed by atoms with Gasteiger partial charge in [-0.05, 0) is 6.92 Å². The Balaban J connectivity index is 2.68. The van der Waals surface area contributed by atoms with Gasteiger partial charge < -0.3 is 10.6 Å². The number of carbonyl (C=O) groups excluding carboxylic acids is 1. The number of hydrogen-bond acceptors (Lipinski definition) is 4. The molecule has 0 aliphatic heterocycles. The Labute approximate surface area is 94.7 Å². The highest BCUT2D eigenvalue weighted by Gasteiger charge is 2.15. The van der Waals surface area contributed by atoms with Crippen LogP contribution in [0.2, 0.25) is 0 Å². The summed E-state index contributed by atoms with van der Waals surface area (Å²) in [5.41, 5.74) is 6.63. The minimum atomic E-state index is -0.161. The number of amides is 1. The van der Waals surface area contributed by atoms with Crippen LogP contribution in [-0.4, -0.2) is 45.9 Å². The molecule has 0 fully saturated rings. The average Bonchev–Trinajstić information content (AvgIpc) is 2.64. The molecule has 0 saturated heterocycles. The molecule has 0 spiro atoms. The standard InChI is InChI=1S/C10H17N5O/c1-8(2)6-14(3)10(16)9-7-15(5-4-11)13-12-9/h7H,1,4-6,11H2,2-3H3. The molecule has 16 heavy (non-hydrogen) atoms. The van der Waals surface area contributed by atoms with Crippen molar-refractivity contribution in [3.8, 4) is 0 Å². The van der Waals surface area contributed by atoms with Gasteiger partial charge in [-0.15, -0.1) is 5.10 Å². The van der Waals surface area contributed by atoms with E-state index in [4.69, 9.17) is 5.73 Å². The summed E-state index contributed by atoms with van der Waals surface area (Å²) in [6, 6.07) is 0. The highest BCUT2D eigenvalue weighted by molar-refractivity contribution is 5.91. The lowest BCUT2D eigenvalue weighted by atomic mass is 10.3. The lowest BCUT2D eigenvalue weighted by Gasteiger charge is -2.14. The van der Waals surface area contributed by atoms with E-state index in [9.17, 15) is 4.79 Å². The normalized spacial score (nSPS) is 10.2. The van der Waals surface area contributed by atoms with Crippen LogP contribution in [-0.2, 0) is 6.54 Å².